The molecule has 7 heteroatoms. The van der Waals surface area contributed by atoms with Crippen LogP contribution in [0, 0.1) is 5.41 Å². The summed E-state index contributed by atoms with van der Waals surface area (Å²) in [5.74, 6) is 0.180. The lowest BCUT2D eigenvalue weighted by atomic mass is 9.87. The summed E-state index contributed by atoms with van der Waals surface area (Å²) in [5.41, 5.74) is 1.98. The number of ether oxygens (including phenoxy) is 1. The predicted molar refractivity (Wildman–Crippen MR) is 119 cm³/mol. The van der Waals surface area contributed by atoms with Crippen molar-refractivity contribution < 1.29 is 17.9 Å². The molecule has 0 aliphatic carbocycles. The highest BCUT2D eigenvalue weighted by atomic mass is 32.2. The molecule has 2 aromatic carbocycles. The summed E-state index contributed by atoms with van der Waals surface area (Å²) >= 11 is 0. The van der Waals surface area contributed by atoms with Crippen molar-refractivity contribution in [2.75, 3.05) is 39.1 Å². The molecule has 0 radical (unpaired) electrons. The van der Waals surface area contributed by atoms with Gasteiger partial charge >= 0.3 is 0 Å². The van der Waals surface area contributed by atoms with Gasteiger partial charge in [0.1, 0.15) is 0 Å². The van der Waals surface area contributed by atoms with Crippen molar-refractivity contribution in [1.29, 1.82) is 0 Å². The third kappa shape index (κ3) is 5.00. The quantitative estimate of drug-likeness (QED) is 0.712. The number of hydrogen-bond donors (Lipinski definition) is 0. The number of rotatable bonds is 5. The maximum atomic E-state index is 13.0. The van der Waals surface area contributed by atoms with Crippen LogP contribution in [0.15, 0.2) is 59.5 Å². The Bertz CT molecular complexity index is 1020. The van der Waals surface area contributed by atoms with E-state index in [4.69, 9.17) is 4.74 Å². The summed E-state index contributed by atoms with van der Waals surface area (Å²) < 4.78 is 29.4. The average Bonchev–Trinajstić information content (AvgIpc) is 2.93. The zero-order valence-electron chi connectivity index (χ0n) is 18.2. The summed E-state index contributed by atoms with van der Waals surface area (Å²) in [4.78, 5) is 17.6. The summed E-state index contributed by atoms with van der Waals surface area (Å²) in [5, 5.41) is 0. The van der Waals surface area contributed by atoms with Crippen molar-refractivity contribution in [2.45, 2.75) is 30.8 Å². The van der Waals surface area contributed by atoms with Gasteiger partial charge in [-0.2, -0.15) is 0 Å². The van der Waals surface area contributed by atoms with Crippen LogP contribution in [-0.2, 0) is 25.9 Å². The van der Waals surface area contributed by atoms with Crippen LogP contribution in [0.3, 0.4) is 0 Å². The van der Waals surface area contributed by atoms with Crippen molar-refractivity contribution in [1.82, 2.24) is 9.80 Å². The molecule has 0 bridgehead atoms. The second-order valence-electron chi connectivity index (χ2n) is 8.96. The molecule has 1 amide bonds. The van der Waals surface area contributed by atoms with Crippen molar-refractivity contribution in [2.24, 2.45) is 5.41 Å². The minimum Gasteiger partial charge on any atom is -0.379 e. The first-order valence-corrected chi connectivity index (χ1v) is 12.6. The molecule has 2 saturated heterocycles. The summed E-state index contributed by atoms with van der Waals surface area (Å²) in [7, 11) is -3.20. The molecular formula is C24H30N2O4S. The lowest BCUT2D eigenvalue weighted by Gasteiger charge is -2.33. The van der Waals surface area contributed by atoms with Crippen molar-refractivity contribution >= 4 is 15.7 Å². The van der Waals surface area contributed by atoms with Gasteiger partial charge < -0.3 is 9.64 Å². The molecule has 2 atom stereocenters. The lowest BCUT2D eigenvalue weighted by molar-refractivity contribution is -0.129. The van der Waals surface area contributed by atoms with Gasteiger partial charge in [0, 0.05) is 44.3 Å². The van der Waals surface area contributed by atoms with Crippen molar-refractivity contribution in [3.05, 3.63) is 65.7 Å². The van der Waals surface area contributed by atoms with E-state index in [0.29, 0.717) is 37.6 Å². The van der Waals surface area contributed by atoms with E-state index >= 15 is 0 Å². The fourth-order valence-corrected chi connectivity index (χ4v) is 5.34. The first kappa shape index (κ1) is 22.0. The Kier molecular flexibility index (Phi) is 6.19. The van der Waals surface area contributed by atoms with Crippen molar-refractivity contribution in [3.63, 3.8) is 0 Å². The molecule has 2 aliphatic rings. The molecule has 4 rings (SSSR count). The van der Waals surface area contributed by atoms with E-state index in [9.17, 15) is 13.2 Å². The number of carbonyl (C=O) groups is 1. The minimum atomic E-state index is -3.20. The van der Waals surface area contributed by atoms with Crippen LogP contribution in [0.1, 0.15) is 30.5 Å². The van der Waals surface area contributed by atoms with E-state index in [-0.39, 0.29) is 17.4 Å². The highest BCUT2D eigenvalue weighted by Gasteiger charge is 2.46. The number of benzene rings is 2. The van der Waals surface area contributed by atoms with Crippen LogP contribution in [0.5, 0.6) is 0 Å². The van der Waals surface area contributed by atoms with Crippen LogP contribution >= 0.6 is 0 Å². The Morgan fingerprint density at radius 2 is 1.77 bits per heavy atom. The van der Waals surface area contributed by atoms with E-state index in [2.05, 4.69) is 24.0 Å². The monoisotopic (exact) mass is 442 g/mol. The lowest BCUT2D eigenvalue weighted by Crippen LogP contribution is -2.40. The van der Waals surface area contributed by atoms with Crippen LogP contribution in [-0.4, -0.2) is 63.2 Å². The zero-order valence-corrected chi connectivity index (χ0v) is 19.0. The Morgan fingerprint density at radius 3 is 2.45 bits per heavy atom. The van der Waals surface area contributed by atoms with Crippen LogP contribution in [0.4, 0.5) is 0 Å². The third-order valence-corrected chi connectivity index (χ3v) is 7.51. The molecule has 1 spiro atoms. The Labute approximate surface area is 184 Å². The van der Waals surface area contributed by atoms with Crippen molar-refractivity contribution in [3.8, 4) is 0 Å². The van der Waals surface area contributed by atoms with Gasteiger partial charge in [-0.05, 0) is 30.2 Å². The molecule has 2 aliphatic heterocycles. The molecule has 0 unspecified atom stereocenters. The second kappa shape index (κ2) is 8.73. The first-order valence-electron chi connectivity index (χ1n) is 10.7. The molecule has 0 saturated carbocycles. The highest BCUT2D eigenvalue weighted by molar-refractivity contribution is 7.90. The van der Waals surface area contributed by atoms with Gasteiger partial charge in [-0.1, -0.05) is 42.5 Å². The maximum Gasteiger partial charge on any atom is 0.223 e. The topological polar surface area (TPSA) is 66.9 Å². The summed E-state index contributed by atoms with van der Waals surface area (Å²) in [6.07, 6.45) is 1.71. The Balaban J connectivity index is 1.47. The number of carbonyl (C=O) groups excluding carboxylic acids is 1. The highest BCUT2D eigenvalue weighted by Crippen LogP contribution is 2.38. The largest absolute Gasteiger partial charge is 0.379 e. The van der Waals surface area contributed by atoms with Gasteiger partial charge in [-0.25, -0.2) is 8.42 Å². The Hall–Kier alpha value is -2.22. The number of likely N-dealkylation sites (tertiary alicyclic amines) is 1. The standard InChI is InChI=1S/C24H30N2O4S/c1-19(21-6-4-3-5-7-21)26-17-24(14-23(26)27)16-25(12-13-30-18-24)15-20-8-10-22(11-9-20)31(2,28)29/h3-11,19H,12-18H2,1-2H3/t19-,24-/m1/s1. The number of amides is 1. The van der Waals surface area contributed by atoms with Crippen LogP contribution < -0.4 is 0 Å². The SMILES string of the molecule is C[C@H](c1ccccc1)N1C[C@@]2(COCCN(Cc3ccc(S(C)(=O)=O)cc3)C2)CC1=O. The minimum absolute atomic E-state index is 0.0355. The second-order valence-corrected chi connectivity index (χ2v) is 11.0. The van der Waals surface area contributed by atoms with Gasteiger partial charge in [0.25, 0.3) is 0 Å². The van der Waals surface area contributed by atoms with E-state index in [1.165, 1.54) is 6.26 Å². The van der Waals surface area contributed by atoms with E-state index in [1.54, 1.807) is 12.1 Å². The predicted octanol–water partition coefficient (Wildman–Crippen LogP) is 2.90. The van der Waals surface area contributed by atoms with Gasteiger partial charge in [-0.3, -0.25) is 9.69 Å². The zero-order chi connectivity index (χ0) is 22.1. The average molecular weight is 443 g/mol. The molecule has 166 valence electrons. The molecule has 2 heterocycles. The van der Waals surface area contributed by atoms with Crippen LogP contribution in [0.2, 0.25) is 0 Å². The van der Waals surface area contributed by atoms with Gasteiger partial charge in [0.15, 0.2) is 9.84 Å². The van der Waals surface area contributed by atoms with E-state index < -0.39 is 9.84 Å². The molecular weight excluding hydrogens is 412 g/mol. The first-order chi connectivity index (χ1) is 14.8. The molecule has 2 aromatic rings. The molecule has 31 heavy (non-hydrogen) atoms. The fraction of sp³-hybridized carbons (Fsp3) is 0.458. The van der Waals surface area contributed by atoms with E-state index in [1.807, 2.05) is 35.2 Å². The smallest absolute Gasteiger partial charge is 0.223 e. The molecule has 6 nitrogen and oxygen atoms in total. The molecule has 0 aromatic heterocycles. The molecule has 2 fully saturated rings. The number of nitrogens with zero attached hydrogens (tertiary/aromatic N) is 2. The van der Waals surface area contributed by atoms with Crippen LogP contribution in [0.25, 0.3) is 0 Å². The van der Waals surface area contributed by atoms with Gasteiger partial charge in [0.2, 0.25) is 5.91 Å². The maximum absolute atomic E-state index is 13.0. The fourth-order valence-electron chi connectivity index (χ4n) is 4.71. The van der Waals surface area contributed by atoms with E-state index in [0.717, 1.165) is 24.2 Å². The van der Waals surface area contributed by atoms with Gasteiger partial charge in [-0.15, -0.1) is 0 Å². The summed E-state index contributed by atoms with van der Waals surface area (Å²) in [6.45, 7) is 6.27. The third-order valence-electron chi connectivity index (χ3n) is 6.38. The molecule has 0 N–H and O–H groups in total. The number of sulfone groups is 1. The van der Waals surface area contributed by atoms with Gasteiger partial charge in [0.05, 0.1) is 24.2 Å². The Morgan fingerprint density at radius 1 is 1.06 bits per heavy atom. The summed E-state index contributed by atoms with van der Waals surface area (Å²) in [6, 6.07) is 17.3. The normalized spacial score (nSPS) is 23.8. The number of hydrogen-bond acceptors (Lipinski definition) is 5.